The summed E-state index contributed by atoms with van der Waals surface area (Å²) in [4.78, 5) is 19.6. The highest BCUT2D eigenvalue weighted by Crippen LogP contribution is 2.34. The van der Waals surface area contributed by atoms with E-state index in [1.165, 1.54) is 0 Å². The van der Waals surface area contributed by atoms with Gasteiger partial charge in [-0.25, -0.2) is 0 Å². The molecule has 2 fully saturated rings. The first-order valence-electron chi connectivity index (χ1n) is 13.0. The third kappa shape index (κ3) is 4.71. The van der Waals surface area contributed by atoms with Crippen molar-refractivity contribution >= 4 is 22.6 Å². The number of allylic oxidation sites excluding steroid dienone is 1. The van der Waals surface area contributed by atoms with E-state index < -0.39 is 0 Å². The zero-order valence-electron chi connectivity index (χ0n) is 21.0. The van der Waals surface area contributed by atoms with Gasteiger partial charge in [-0.2, -0.15) is 10.4 Å². The Morgan fingerprint density at radius 3 is 2.58 bits per heavy atom. The Labute approximate surface area is 220 Å². The van der Waals surface area contributed by atoms with E-state index in [0.717, 1.165) is 59.3 Å². The molecule has 1 amide bonds. The fraction of sp³-hybridized carbons (Fsp3) is 0.267. The number of pyridine rings is 1. The smallest absolute Gasteiger partial charge is 0.264 e. The number of nitrogens with zero attached hydrogens (tertiary/aromatic N) is 5. The van der Waals surface area contributed by atoms with Crippen molar-refractivity contribution in [3.8, 4) is 28.8 Å². The largest absolute Gasteiger partial charge is 0.457 e. The zero-order valence-corrected chi connectivity index (χ0v) is 21.0. The molecule has 6 rings (SSSR count). The van der Waals surface area contributed by atoms with Crippen molar-refractivity contribution in [1.82, 2.24) is 19.7 Å². The van der Waals surface area contributed by atoms with Crippen molar-refractivity contribution in [3.63, 3.8) is 0 Å². The van der Waals surface area contributed by atoms with Crippen LogP contribution in [0.2, 0.25) is 0 Å². The SMILES string of the molecule is N#CC(=CC1CC1)C(=O)N1CCCC1Cn1nc(N)c2c(-c3ccc(Oc4ccccc4)cc3)nccc21. The van der Waals surface area contributed by atoms with Gasteiger partial charge in [0.2, 0.25) is 0 Å². The second-order valence-electron chi connectivity index (χ2n) is 9.88. The van der Waals surface area contributed by atoms with E-state index in [0.29, 0.717) is 24.8 Å². The van der Waals surface area contributed by atoms with E-state index in [4.69, 9.17) is 10.5 Å². The summed E-state index contributed by atoms with van der Waals surface area (Å²) in [6, 6.07) is 21.4. The quantitative estimate of drug-likeness (QED) is 0.269. The van der Waals surface area contributed by atoms with Gasteiger partial charge in [0.1, 0.15) is 23.1 Å². The number of benzene rings is 2. The number of hydrogen-bond donors (Lipinski definition) is 1. The van der Waals surface area contributed by atoms with Crippen molar-refractivity contribution in [2.24, 2.45) is 5.92 Å². The summed E-state index contributed by atoms with van der Waals surface area (Å²) >= 11 is 0. The molecule has 1 saturated heterocycles. The van der Waals surface area contributed by atoms with E-state index in [1.54, 1.807) is 6.20 Å². The minimum Gasteiger partial charge on any atom is -0.457 e. The molecule has 1 atom stereocenters. The zero-order chi connectivity index (χ0) is 26.1. The number of nitriles is 1. The third-order valence-electron chi connectivity index (χ3n) is 7.20. The number of aromatic nitrogens is 3. The molecule has 38 heavy (non-hydrogen) atoms. The number of para-hydroxylation sites is 1. The molecule has 1 unspecified atom stereocenters. The molecule has 0 bridgehead atoms. The number of rotatable bonds is 7. The van der Waals surface area contributed by atoms with Crippen LogP contribution in [0.15, 0.2) is 78.5 Å². The Balaban J connectivity index is 1.25. The first kappa shape index (κ1) is 23.7. The maximum atomic E-state index is 13.2. The van der Waals surface area contributed by atoms with Crippen LogP contribution in [0.25, 0.3) is 22.2 Å². The number of nitrogens with two attached hydrogens (primary N) is 1. The van der Waals surface area contributed by atoms with Crippen molar-refractivity contribution in [3.05, 3.63) is 78.5 Å². The van der Waals surface area contributed by atoms with Gasteiger partial charge in [-0.1, -0.05) is 24.3 Å². The summed E-state index contributed by atoms with van der Waals surface area (Å²) in [5, 5.41) is 15.0. The lowest BCUT2D eigenvalue weighted by Gasteiger charge is -2.24. The molecule has 0 spiro atoms. The van der Waals surface area contributed by atoms with Crippen LogP contribution in [0.1, 0.15) is 25.7 Å². The number of ether oxygens (including phenoxy) is 1. The molecule has 3 heterocycles. The minimum atomic E-state index is -0.175. The lowest BCUT2D eigenvalue weighted by atomic mass is 10.1. The fourth-order valence-electron chi connectivity index (χ4n) is 5.12. The monoisotopic (exact) mass is 504 g/mol. The van der Waals surface area contributed by atoms with Gasteiger partial charge < -0.3 is 15.4 Å². The van der Waals surface area contributed by atoms with Gasteiger partial charge >= 0.3 is 0 Å². The maximum Gasteiger partial charge on any atom is 0.264 e. The summed E-state index contributed by atoms with van der Waals surface area (Å²) in [6.45, 7) is 1.15. The molecular weight excluding hydrogens is 476 g/mol. The molecule has 4 aromatic rings. The average molecular weight is 505 g/mol. The average Bonchev–Trinajstić information content (AvgIpc) is 3.56. The van der Waals surface area contributed by atoms with Gasteiger partial charge in [0.05, 0.1) is 29.2 Å². The Kier molecular flexibility index (Phi) is 6.26. The molecule has 8 nitrogen and oxygen atoms in total. The summed E-state index contributed by atoms with van der Waals surface area (Å²) in [5.41, 5.74) is 9.20. The van der Waals surface area contributed by atoms with Crippen molar-refractivity contribution in [2.75, 3.05) is 12.3 Å². The van der Waals surface area contributed by atoms with Crippen molar-refractivity contribution < 1.29 is 9.53 Å². The van der Waals surface area contributed by atoms with E-state index in [2.05, 4.69) is 16.2 Å². The predicted octanol–water partition coefficient (Wildman–Crippen LogP) is 5.32. The number of carbonyl (C=O) groups excluding carboxylic acids is 1. The summed E-state index contributed by atoms with van der Waals surface area (Å²) in [6.07, 6.45) is 7.47. The van der Waals surface area contributed by atoms with Gasteiger partial charge in [-0.05, 0) is 74.1 Å². The first-order valence-corrected chi connectivity index (χ1v) is 13.0. The summed E-state index contributed by atoms with van der Waals surface area (Å²) in [5.74, 6) is 2.10. The highest BCUT2D eigenvalue weighted by Gasteiger charge is 2.33. The number of hydrogen-bond acceptors (Lipinski definition) is 6. The van der Waals surface area contributed by atoms with Gasteiger partial charge in [0.25, 0.3) is 5.91 Å². The van der Waals surface area contributed by atoms with Crippen LogP contribution >= 0.6 is 0 Å². The molecule has 1 aliphatic carbocycles. The Morgan fingerprint density at radius 2 is 1.84 bits per heavy atom. The van der Waals surface area contributed by atoms with Crippen molar-refractivity contribution in [1.29, 1.82) is 5.26 Å². The highest BCUT2D eigenvalue weighted by molar-refractivity contribution is 6.00. The summed E-state index contributed by atoms with van der Waals surface area (Å²) < 4.78 is 7.79. The normalized spacial score (nSPS) is 17.5. The molecule has 1 saturated carbocycles. The number of fused-ring (bicyclic) bond motifs is 1. The van der Waals surface area contributed by atoms with Crippen LogP contribution in [-0.2, 0) is 11.3 Å². The first-order chi connectivity index (χ1) is 18.6. The molecular formula is C30H28N6O2. The molecule has 2 N–H and O–H groups in total. The van der Waals surface area contributed by atoms with Crippen LogP contribution in [-0.4, -0.2) is 38.2 Å². The Hall–Kier alpha value is -4.64. The van der Waals surface area contributed by atoms with Crippen molar-refractivity contribution in [2.45, 2.75) is 38.3 Å². The molecule has 8 heteroatoms. The molecule has 2 aromatic heterocycles. The topological polar surface area (TPSA) is 110 Å². The second-order valence-corrected chi connectivity index (χ2v) is 9.88. The summed E-state index contributed by atoms with van der Waals surface area (Å²) in [7, 11) is 0. The van der Waals surface area contributed by atoms with E-state index in [-0.39, 0.29) is 17.5 Å². The van der Waals surface area contributed by atoms with Crippen LogP contribution < -0.4 is 10.5 Å². The lowest BCUT2D eigenvalue weighted by molar-refractivity contribution is -0.127. The maximum absolute atomic E-state index is 13.2. The van der Waals surface area contributed by atoms with Gasteiger partial charge in [0, 0.05) is 18.3 Å². The number of carbonyl (C=O) groups is 1. The number of nitrogen functional groups attached to an aromatic ring is 1. The molecule has 2 aromatic carbocycles. The standard InChI is InChI=1S/C30H28N6O2/c31-18-22(17-20-8-9-20)30(37)35-16-4-5-23(35)19-36-26-14-15-33-28(27(26)29(32)34-36)21-10-12-25(13-11-21)38-24-6-2-1-3-7-24/h1-3,6-7,10-15,17,20,23H,4-5,8-9,16,19H2,(H2,32,34). The number of anilines is 1. The molecule has 190 valence electrons. The van der Waals surface area contributed by atoms with E-state index >= 15 is 0 Å². The van der Waals surface area contributed by atoms with Gasteiger partial charge in [0.15, 0.2) is 5.82 Å². The molecule has 0 radical (unpaired) electrons. The molecule has 2 aliphatic rings. The second kappa shape index (κ2) is 10.0. The van der Waals surface area contributed by atoms with E-state index in [1.807, 2.05) is 76.3 Å². The van der Waals surface area contributed by atoms with Crippen LogP contribution in [0.3, 0.4) is 0 Å². The predicted molar refractivity (Wildman–Crippen MR) is 145 cm³/mol. The van der Waals surface area contributed by atoms with Crippen LogP contribution in [0.4, 0.5) is 5.82 Å². The lowest BCUT2D eigenvalue weighted by Crippen LogP contribution is -2.39. The molecule has 1 aliphatic heterocycles. The van der Waals surface area contributed by atoms with Crippen LogP contribution in [0.5, 0.6) is 11.5 Å². The highest BCUT2D eigenvalue weighted by atomic mass is 16.5. The van der Waals surface area contributed by atoms with Gasteiger partial charge in [-0.15, -0.1) is 0 Å². The Morgan fingerprint density at radius 1 is 1.08 bits per heavy atom. The Bertz CT molecular complexity index is 1550. The fourth-order valence-corrected chi connectivity index (χ4v) is 5.12. The minimum absolute atomic E-state index is 0.0491. The van der Waals surface area contributed by atoms with E-state index in [9.17, 15) is 10.1 Å². The van der Waals surface area contributed by atoms with Crippen LogP contribution in [0, 0.1) is 17.2 Å². The number of likely N-dealkylation sites (tertiary alicyclic amines) is 1. The van der Waals surface area contributed by atoms with Gasteiger partial charge in [-0.3, -0.25) is 14.5 Å². The number of amides is 1. The third-order valence-corrected chi connectivity index (χ3v) is 7.20.